The number of carbonyl (C=O) groups is 2. The first-order valence-electron chi connectivity index (χ1n) is 4.70. The first-order chi connectivity index (χ1) is 8.11. The van der Waals surface area contributed by atoms with Crippen LogP contribution in [-0.2, 0) is 0 Å². The largest absolute Gasteiger partial charge is 0.478 e. The third-order valence-electron chi connectivity index (χ3n) is 2.22. The van der Waals surface area contributed by atoms with E-state index >= 15 is 0 Å². The van der Waals surface area contributed by atoms with Crippen molar-refractivity contribution >= 4 is 23.9 Å². The van der Waals surface area contributed by atoms with E-state index in [2.05, 4.69) is 0 Å². The van der Waals surface area contributed by atoms with Gasteiger partial charge in [-0.05, 0) is 30.3 Å². The van der Waals surface area contributed by atoms with Crippen molar-refractivity contribution in [1.29, 1.82) is 0 Å². The SMILES string of the molecule is O=Cc1ccc(-c2ccc(C(=O)O)cc2Cl)o1. The maximum Gasteiger partial charge on any atom is 0.335 e. The summed E-state index contributed by atoms with van der Waals surface area (Å²) in [5.41, 5.74) is 0.644. The molecule has 0 saturated carbocycles. The molecule has 1 heterocycles. The summed E-state index contributed by atoms with van der Waals surface area (Å²) in [4.78, 5) is 21.2. The van der Waals surface area contributed by atoms with Crippen molar-refractivity contribution in [2.24, 2.45) is 0 Å². The van der Waals surface area contributed by atoms with E-state index in [0.717, 1.165) is 0 Å². The van der Waals surface area contributed by atoms with Crippen LogP contribution in [-0.4, -0.2) is 17.4 Å². The van der Waals surface area contributed by atoms with Gasteiger partial charge in [0.25, 0.3) is 0 Å². The lowest BCUT2D eigenvalue weighted by molar-refractivity contribution is 0.0696. The molecular weight excluding hydrogens is 244 g/mol. The van der Waals surface area contributed by atoms with Gasteiger partial charge >= 0.3 is 5.97 Å². The Balaban J connectivity index is 2.46. The fraction of sp³-hybridized carbons (Fsp3) is 0. The van der Waals surface area contributed by atoms with Crippen molar-refractivity contribution in [2.45, 2.75) is 0 Å². The fourth-order valence-corrected chi connectivity index (χ4v) is 1.68. The molecule has 0 bridgehead atoms. The van der Waals surface area contributed by atoms with E-state index < -0.39 is 5.97 Å². The maximum atomic E-state index is 10.7. The third kappa shape index (κ3) is 2.21. The number of furan rings is 1. The summed E-state index contributed by atoms with van der Waals surface area (Å²) < 4.78 is 5.20. The molecule has 2 rings (SSSR count). The summed E-state index contributed by atoms with van der Waals surface area (Å²) in [7, 11) is 0. The van der Waals surface area contributed by atoms with E-state index in [-0.39, 0.29) is 16.3 Å². The average Bonchev–Trinajstić information content (AvgIpc) is 2.77. The second-order valence-electron chi connectivity index (χ2n) is 3.32. The molecule has 0 amide bonds. The predicted molar refractivity (Wildman–Crippen MR) is 61.5 cm³/mol. The van der Waals surface area contributed by atoms with E-state index in [1.54, 1.807) is 12.1 Å². The highest BCUT2D eigenvalue weighted by molar-refractivity contribution is 6.33. The molecule has 0 fully saturated rings. The van der Waals surface area contributed by atoms with Gasteiger partial charge in [-0.3, -0.25) is 4.79 Å². The number of hydrogen-bond donors (Lipinski definition) is 1. The second kappa shape index (κ2) is 4.43. The number of aromatic carboxylic acids is 1. The quantitative estimate of drug-likeness (QED) is 0.850. The highest BCUT2D eigenvalue weighted by atomic mass is 35.5. The minimum atomic E-state index is -1.05. The molecule has 17 heavy (non-hydrogen) atoms. The van der Waals surface area contributed by atoms with E-state index in [1.165, 1.54) is 18.2 Å². The molecule has 0 aliphatic carbocycles. The summed E-state index contributed by atoms with van der Waals surface area (Å²) in [5, 5.41) is 9.05. The lowest BCUT2D eigenvalue weighted by Crippen LogP contribution is -1.95. The van der Waals surface area contributed by atoms with Gasteiger partial charge in [-0.15, -0.1) is 0 Å². The summed E-state index contributed by atoms with van der Waals surface area (Å²) in [6, 6.07) is 7.42. The minimum absolute atomic E-state index is 0.0981. The van der Waals surface area contributed by atoms with Crippen molar-refractivity contribution in [3.63, 3.8) is 0 Å². The topological polar surface area (TPSA) is 67.5 Å². The van der Waals surface area contributed by atoms with Gasteiger partial charge in [0.15, 0.2) is 12.0 Å². The number of carboxylic acid groups (broad SMARTS) is 1. The smallest absolute Gasteiger partial charge is 0.335 e. The maximum absolute atomic E-state index is 10.7. The first-order valence-corrected chi connectivity index (χ1v) is 5.08. The Morgan fingerprint density at radius 1 is 1.29 bits per heavy atom. The van der Waals surface area contributed by atoms with Gasteiger partial charge in [0.1, 0.15) is 5.76 Å². The molecule has 0 radical (unpaired) electrons. The van der Waals surface area contributed by atoms with Crippen LogP contribution in [0, 0.1) is 0 Å². The van der Waals surface area contributed by atoms with Crippen molar-refractivity contribution in [1.82, 2.24) is 0 Å². The molecule has 1 aromatic heterocycles. The Morgan fingerprint density at radius 2 is 2.06 bits per heavy atom. The Labute approximate surface area is 101 Å². The highest BCUT2D eigenvalue weighted by Crippen LogP contribution is 2.29. The van der Waals surface area contributed by atoms with Crippen LogP contribution in [0.2, 0.25) is 5.02 Å². The van der Waals surface area contributed by atoms with Crippen molar-refractivity contribution in [3.05, 3.63) is 46.7 Å². The number of rotatable bonds is 3. The zero-order valence-corrected chi connectivity index (χ0v) is 9.27. The van der Waals surface area contributed by atoms with Crippen LogP contribution >= 0.6 is 11.6 Å². The standard InChI is InChI=1S/C12H7ClO4/c13-10-5-7(12(15)16)1-3-9(10)11-4-2-8(6-14)17-11/h1-6H,(H,15,16). The molecule has 4 nitrogen and oxygen atoms in total. The molecular formula is C12H7ClO4. The molecule has 0 saturated heterocycles. The summed E-state index contributed by atoms with van der Waals surface area (Å²) in [6.45, 7) is 0. The summed E-state index contributed by atoms with van der Waals surface area (Å²) in [5.74, 6) is -0.432. The molecule has 86 valence electrons. The van der Waals surface area contributed by atoms with Crippen LogP contribution in [0.25, 0.3) is 11.3 Å². The van der Waals surface area contributed by atoms with Gasteiger partial charge in [-0.2, -0.15) is 0 Å². The fourth-order valence-electron chi connectivity index (χ4n) is 1.41. The third-order valence-corrected chi connectivity index (χ3v) is 2.54. The number of carboxylic acids is 1. The van der Waals surface area contributed by atoms with Crippen LogP contribution in [0.4, 0.5) is 0 Å². The van der Waals surface area contributed by atoms with E-state index in [1.807, 2.05) is 0 Å². The average molecular weight is 251 g/mol. The molecule has 1 N–H and O–H groups in total. The monoisotopic (exact) mass is 250 g/mol. The molecule has 0 unspecified atom stereocenters. The van der Waals surface area contributed by atoms with E-state index in [9.17, 15) is 9.59 Å². The Hall–Kier alpha value is -2.07. The van der Waals surface area contributed by atoms with Crippen LogP contribution in [0.3, 0.4) is 0 Å². The van der Waals surface area contributed by atoms with Gasteiger partial charge in [-0.1, -0.05) is 11.6 Å². The number of benzene rings is 1. The molecule has 0 atom stereocenters. The minimum Gasteiger partial charge on any atom is -0.478 e. The predicted octanol–water partition coefficient (Wildman–Crippen LogP) is 3.11. The lowest BCUT2D eigenvalue weighted by atomic mass is 10.1. The second-order valence-corrected chi connectivity index (χ2v) is 3.73. The van der Waals surface area contributed by atoms with Crippen molar-refractivity contribution in [3.8, 4) is 11.3 Å². The van der Waals surface area contributed by atoms with Crippen LogP contribution in [0.15, 0.2) is 34.7 Å². The Kier molecular flexibility index (Phi) is 2.97. The first kappa shape index (κ1) is 11.4. The number of hydrogen-bond acceptors (Lipinski definition) is 3. The normalized spacial score (nSPS) is 10.2. The molecule has 0 spiro atoms. The zero-order chi connectivity index (χ0) is 12.4. The molecule has 1 aromatic carbocycles. The molecule has 0 aliphatic heterocycles. The number of carbonyl (C=O) groups excluding carboxylic acids is 1. The van der Waals surface area contributed by atoms with Crippen molar-refractivity contribution in [2.75, 3.05) is 0 Å². The molecule has 0 aliphatic rings. The van der Waals surface area contributed by atoms with Crippen LogP contribution < -0.4 is 0 Å². The van der Waals surface area contributed by atoms with Gasteiger partial charge in [0.05, 0.1) is 10.6 Å². The zero-order valence-electron chi connectivity index (χ0n) is 8.51. The van der Waals surface area contributed by atoms with E-state index in [4.69, 9.17) is 21.1 Å². The highest BCUT2D eigenvalue weighted by Gasteiger charge is 2.11. The Morgan fingerprint density at radius 3 is 2.59 bits per heavy atom. The van der Waals surface area contributed by atoms with Gasteiger partial charge in [0.2, 0.25) is 0 Å². The molecule has 2 aromatic rings. The van der Waals surface area contributed by atoms with Gasteiger partial charge in [0, 0.05) is 5.56 Å². The van der Waals surface area contributed by atoms with E-state index in [0.29, 0.717) is 17.6 Å². The van der Waals surface area contributed by atoms with Crippen LogP contribution in [0.5, 0.6) is 0 Å². The summed E-state index contributed by atoms with van der Waals surface area (Å²) >= 11 is 5.95. The van der Waals surface area contributed by atoms with Gasteiger partial charge in [-0.25, -0.2) is 4.79 Å². The molecule has 5 heteroatoms. The number of aldehydes is 1. The summed E-state index contributed by atoms with van der Waals surface area (Å²) in [6.07, 6.45) is 0.586. The van der Waals surface area contributed by atoms with Crippen LogP contribution in [0.1, 0.15) is 20.9 Å². The lowest BCUT2D eigenvalue weighted by Gasteiger charge is -2.02. The Bertz CT molecular complexity index is 586. The van der Waals surface area contributed by atoms with Gasteiger partial charge < -0.3 is 9.52 Å². The van der Waals surface area contributed by atoms with Crippen molar-refractivity contribution < 1.29 is 19.1 Å². The number of halogens is 1.